The monoisotopic (exact) mass is 271 g/mol. The minimum atomic E-state index is -3.53. The van der Waals surface area contributed by atoms with E-state index in [1.54, 1.807) is 13.2 Å². The van der Waals surface area contributed by atoms with Gasteiger partial charge in [0.1, 0.15) is 0 Å². The molecule has 0 aliphatic heterocycles. The van der Waals surface area contributed by atoms with Crippen molar-refractivity contribution < 1.29 is 22.5 Å². The quantitative estimate of drug-likeness (QED) is 0.622. The summed E-state index contributed by atoms with van der Waals surface area (Å²) >= 11 is 0. The second kappa shape index (κ2) is 6.97. The summed E-state index contributed by atoms with van der Waals surface area (Å²) in [5.74, 6) is -1.57. The van der Waals surface area contributed by atoms with Crippen LogP contribution in [0.15, 0.2) is 0 Å². The lowest BCUT2D eigenvalue weighted by Gasteiger charge is -2.09. The number of hydrogen-bond acceptors (Lipinski definition) is 4. The van der Waals surface area contributed by atoms with Gasteiger partial charge in [-0.3, -0.25) is 9.00 Å². The van der Waals surface area contributed by atoms with Gasteiger partial charge in [0.25, 0.3) is 0 Å². The van der Waals surface area contributed by atoms with Crippen molar-refractivity contribution in [2.45, 2.75) is 25.0 Å². The zero-order chi connectivity index (χ0) is 12.8. The van der Waals surface area contributed by atoms with E-state index in [0.29, 0.717) is 6.42 Å². The van der Waals surface area contributed by atoms with Crippen LogP contribution >= 0.6 is 0 Å². The molecule has 0 aliphatic carbocycles. The summed E-state index contributed by atoms with van der Waals surface area (Å²) in [6.07, 6.45) is 1.61. The summed E-state index contributed by atoms with van der Waals surface area (Å²) in [5.41, 5.74) is 0. The molecule has 0 rings (SSSR count). The summed E-state index contributed by atoms with van der Waals surface area (Å²) in [7, 11) is -4.51. The van der Waals surface area contributed by atoms with E-state index in [4.69, 9.17) is 5.11 Å². The highest BCUT2D eigenvalue weighted by atomic mass is 32.2. The molecule has 6 nitrogen and oxygen atoms in total. The zero-order valence-electron chi connectivity index (χ0n) is 9.30. The predicted octanol–water partition coefficient (Wildman–Crippen LogP) is -0.462. The van der Waals surface area contributed by atoms with Crippen LogP contribution in [0.4, 0.5) is 0 Å². The predicted molar refractivity (Wildman–Crippen MR) is 62.2 cm³/mol. The first-order valence-electron chi connectivity index (χ1n) is 4.76. The summed E-state index contributed by atoms with van der Waals surface area (Å²) < 4.78 is 35.7. The number of rotatable bonds is 8. The van der Waals surface area contributed by atoms with E-state index in [-0.39, 0.29) is 11.8 Å². The van der Waals surface area contributed by atoms with Crippen molar-refractivity contribution in [1.82, 2.24) is 4.72 Å². The molecule has 0 amide bonds. The van der Waals surface area contributed by atoms with Crippen LogP contribution in [0.2, 0.25) is 0 Å². The average molecular weight is 271 g/mol. The molecule has 0 aromatic heterocycles. The molecule has 2 unspecified atom stereocenters. The number of carboxylic acid groups (broad SMARTS) is 1. The molecule has 0 spiro atoms. The second-order valence-electron chi connectivity index (χ2n) is 3.45. The van der Waals surface area contributed by atoms with Crippen LogP contribution in [-0.4, -0.2) is 47.5 Å². The Hall–Kier alpha value is -0.470. The lowest BCUT2D eigenvalue weighted by molar-refractivity contribution is -0.136. The fourth-order valence-electron chi connectivity index (χ4n) is 0.877. The lowest BCUT2D eigenvalue weighted by atomic mass is 10.3. The first kappa shape index (κ1) is 15.5. The molecule has 0 bridgehead atoms. The van der Waals surface area contributed by atoms with Gasteiger partial charge in [-0.2, -0.15) is 0 Å². The molecule has 0 aromatic carbocycles. The van der Waals surface area contributed by atoms with Crippen LogP contribution in [0.3, 0.4) is 0 Å². The number of hydrogen-bond donors (Lipinski definition) is 2. The van der Waals surface area contributed by atoms with Gasteiger partial charge in [-0.05, 0) is 6.42 Å². The molecule has 2 atom stereocenters. The molecule has 0 radical (unpaired) electrons. The SMILES string of the molecule is CC(CCNS(=O)(=O)CCC(=O)O)S(C)=O. The lowest BCUT2D eigenvalue weighted by Crippen LogP contribution is -2.30. The van der Waals surface area contributed by atoms with Crippen molar-refractivity contribution >= 4 is 26.8 Å². The number of carbonyl (C=O) groups is 1. The van der Waals surface area contributed by atoms with Crippen LogP contribution in [0, 0.1) is 0 Å². The van der Waals surface area contributed by atoms with Crippen molar-refractivity contribution in [2.75, 3.05) is 18.6 Å². The highest BCUT2D eigenvalue weighted by Gasteiger charge is 2.13. The van der Waals surface area contributed by atoms with Gasteiger partial charge in [0.05, 0.1) is 12.2 Å². The number of carboxylic acids is 1. The minimum Gasteiger partial charge on any atom is -0.481 e. The van der Waals surface area contributed by atoms with Gasteiger partial charge in [-0.15, -0.1) is 0 Å². The normalized spacial score (nSPS) is 15.6. The molecule has 0 heterocycles. The standard InChI is InChI=1S/C8H17NO5S2/c1-7(15(2)12)3-5-9-16(13,14)6-4-8(10)11/h7,9H,3-6H2,1-2H3,(H,10,11). The molecule has 96 valence electrons. The highest BCUT2D eigenvalue weighted by molar-refractivity contribution is 7.89. The highest BCUT2D eigenvalue weighted by Crippen LogP contribution is 1.98. The fraction of sp³-hybridized carbons (Fsp3) is 0.875. The molecular formula is C8H17NO5S2. The third-order valence-corrected chi connectivity index (χ3v) is 4.78. The Labute approximate surface area is 97.9 Å². The molecule has 0 saturated carbocycles. The number of nitrogens with one attached hydrogen (secondary N) is 1. The molecule has 0 aromatic rings. The average Bonchev–Trinajstić information content (AvgIpc) is 2.14. The zero-order valence-corrected chi connectivity index (χ0v) is 10.9. The van der Waals surface area contributed by atoms with Gasteiger partial charge in [0.15, 0.2) is 0 Å². The molecule has 0 fully saturated rings. The smallest absolute Gasteiger partial charge is 0.304 e. The van der Waals surface area contributed by atoms with E-state index in [2.05, 4.69) is 4.72 Å². The second-order valence-corrected chi connectivity index (χ2v) is 7.18. The Morgan fingerprint density at radius 3 is 2.50 bits per heavy atom. The molecule has 16 heavy (non-hydrogen) atoms. The largest absolute Gasteiger partial charge is 0.481 e. The van der Waals surface area contributed by atoms with Gasteiger partial charge in [0.2, 0.25) is 10.0 Å². The van der Waals surface area contributed by atoms with Gasteiger partial charge < -0.3 is 5.11 Å². The molecular weight excluding hydrogens is 254 g/mol. The Morgan fingerprint density at radius 2 is 2.06 bits per heavy atom. The number of aliphatic carboxylic acids is 1. The van der Waals surface area contributed by atoms with E-state index < -0.39 is 39.0 Å². The minimum absolute atomic E-state index is 0.0813. The summed E-state index contributed by atoms with van der Waals surface area (Å²) in [6, 6.07) is 0. The molecule has 0 saturated heterocycles. The van der Waals surface area contributed by atoms with Gasteiger partial charge in [-0.25, -0.2) is 13.1 Å². The van der Waals surface area contributed by atoms with E-state index in [9.17, 15) is 17.4 Å². The maximum Gasteiger partial charge on any atom is 0.304 e. The Balaban J connectivity index is 3.91. The molecule has 8 heteroatoms. The van der Waals surface area contributed by atoms with Gasteiger partial charge in [-0.1, -0.05) is 6.92 Å². The van der Waals surface area contributed by atoms with Gasteiger partial charge in [0, 0.05) is 28.9 Å². The molecule has 0 aliphatic rings. The van der Waals surface area contributed by atoms with Crippen molar-refractivity contribution in [1.29, 1.82) is 0 Å². The van der Waals surface area contributed by atoms with Crippen LogP contribution in [0.1, 0.15) is 19.8 Å². The van der Waals surface area contributed by atoms with Crippen molar-refractivity contribution in [2.24, 2.45) is 0 Å². The third kappa shape index (κ3) is 7.77. The fourth-order valence-corrected chi connectivity index (χ4v) is 2.34. The van der Waals surface area contributed by atoms with Crippen molar-refractivity contribution in [3.8, 4) is 0 Å². The van der Waals surface area contributed by atoms with Crippen molar-refractivity contribution in [3.63, 3.8) is 0 Å². The topological polar surface area (TPSA) is 101 Å². The Kier molecular flexibility index (Phi) is 6.77. The van der Waals surface area contributed by atoms with Crippen LogP contribution in [-0.2, 0) is 25.6 Å². The van der Waals surface area contributed by atoms with E-state index in [1.807, 2.05) is 0 Å². The van der Waals surface area contributed by atoms with Crippen LogP contribution < -0.4 is 4.72 Å². The van der Waals surface area contributed by atoms with E-state index in [0.717, 1.165) is 0 Å². The Bertz CT molecular complexity index is 351. The first-order valence-corrected chi connectivity index (χ1v) is 8.03. The van der Waals surface area contributed by atoms with E-state index in [1.165, 1.54) is 0 Å². The van der Waals surface area contributed by atoms with Crippen LogP contribution in [0.5, 0.6) is 0 Å². The van der Waals surface area contributed by atoms with Gasteiger partial charge >= 0.3 is 5.97 Å². The Morgan fingerprint density at radius 1 is 1.50 bits per heavy atom. The van der Waals surface area contributed by atoms with E-state index >= 15 is 0 Å². The van der Waals surface area contributed by atoms with Crippen LogP contribution in [0.25, 0.3) is 0 Å². The maximum atomic E-state index is 11.2. The molecule has 2 N–H and O–H groups in total. The third-order valence-electron chi connectivity index (χ3n) is 2.02. The summed E-state index contributed by atoms with van der Waals surface area (Å²) in [6.45, 7) is 1.95. The van der Waals surface area contributed by atoms with Crippen molar-refractivity contribution in [3.05, 3.63) is 0 Å². The maximum absolute atomic E-state index is 11.2. The summed E-state index contributed by atoms with van der Waals surface area (Å²) in [4.78, 5) is 10.2. The first-order chi connectivity index (χ1) is 7.24. The number of sulfonamides is 1. The summed E-state index contributed by atoms with van der Waals surface area (Å²) in [5, 5.41) is 8.25.